The van der Waals surface area contributed by atoms with Gasteiger partial charge in [-0.15, -0.1) is 13.2 Å². The number of nitrogen functional groups attached to an aromatic ring is 1. The number of hydrogen-bond acceptors (Lipinski definition) is 5. The van der Waals surface area contributed by atoms with Crippen LogP contribution >= 0.6 is 0 Å². The third-order valence-electron chi connectivity index (χ3n) is 1.66. The Kier molecular flexibility index (Phi) is 3.39. The van der Waals surface area contributed by atoms with Crippen molar-refractivity contribution in [2.75, 3.05) is 5.73 Å². The number of nitrogens with two attached hydrogens (primary N) is 1. The van der Waals surface area contributed by atoms with E-state index in [2.05, 4.69) is 9.72 Å². The Morgan fingerprint density at radius 2 is 2.06 bits per heavy atom. The summed E-state index contributed by atoms with van der Waals surface area (Å²) in [6.45, 7) is 0. The Morgan fingerprint density at radius 1 is 1.41 bits per heavy atom. The average molecular weight is 242 g/mol. The number of rotatable bonds is 2. The minimum atomic E-state index is -4.96. The third-order valence-corrected chi connectivity index (χ3v) is 1.66. The molecule has 0 aliphatic carbocycles. The first kappa shape index (κ1) is 12.6. The van der Waals surface area contributed by atoms with Crippen LogP contribution in [0.25, 0.3) is 0 Å². The van der Waals surface area contributed by atoms with E-state index in [1.165, 1.54) is 6.07 Å². The van der Waals surface area contributed by atoms with Crippen LogP contribution in [-0.2, 0) is 6.42 Å². The fraction of sp³-hybridized carbons (Fsp3) is 0.222. The summed E-state index contributed by atoms with van der Waals surface area (Å²) in [5.41, 5.74) is 4.55. The first-order valence-corrected chi connectivity index (χ1v) is 4.19. The van der Waals surface area contributed by atoms with Crippen molar-refractivity contribution >= 4 is 5.82 Å². The number of ether oxygens (including phenoxy) is 1. The second kappa shape index (κ2) is 4.58. The molecule has 1 rings (SSSR count). The number of pyridine rings is 1. The van der Waals surface area contributed by atoms with Gasteiger partial charge in [-0.25, -0.2) is 4.98 Å². The highest BCUT2D eigenvalue weighted by Gasteiger charge is 2.34. The van der Waals surface area contributed by atoms with Gasteiger partial charge in [-0.3, -0.25) is 0 Å². The van der Waals surface area contributed by atoms with E-state index in [9.17, 15) is 13.2 Å². The molecule has 88 valence electrons. The minimum absolute atomic E-state index is 0.131. The van der Waals surface area contributed by atoms with Gasteiger partial charge >= 0.3 is 6.36 Å². The predicted octanol–water partition coefficient (Wildman–Crippen LogP) is 1.50. The molecular weight excluding hydrogens is 237 g/mol. The molecule has 5 nitrogen and oxygen atoms in total. The molecule has 0 saturated heterocycles. The number of nitriles is 2. The van der Waals surface area contributed by atoms with Gasteiger partial charge in [0.1, 0.15) is 11.9 Å². The fourth-order valence-corrected chi connectivity index (χ4v) is 1.13. The molecule has 0 fully saturated rings. The molecule has 17 heavy (non-hydrogen) atoms. The molecule has 0 spiro atoms. The SMILES string of the molecule is N#CCc1cc(N)nc(C#N)c1OC(F)(F)F. The zero-order valence-electron chi connectivity index (χ0n) is 8.25. The molecule has 1 heterocycles. The summed E-state index contributed by atoms with van der Waals surface area (Å²) in [6, 6.07) is 4.14. The van der Waals surface area contributed by atoms with E-state index in [1.807, 2.05) is 0 Å². The summed E-state index contributed by atoms with van der Waals surface area (Å²) < 4.78 is 40.0. The summed E-state index contributed by atoms with van der Waals surface area (Å²) in [5, 5.41) is 17.1. The lowest BCUT2D eigenvalue weighted by Gasteiger charge is -2.13. The van der Waals surface area contributed by atoms with Gasteiger partial charge in [-0.05, 0) is 6.07 Å². The van der Waals surface area contributed by atoms with Crippen LogP contribution < -0.4 is 10.5 Å². The van der Waals surface area contributed by atoms with Crippen LogP contribution in [0.3, 0.4) is 0 Å². The molecule has 0 atom stereocenters. The number of anilines is 1. The number of nitrogens with zero attached hydrogens (tertiary/aromatic N) is 3. The largest absolute Gasteiger partial charge is 0.573 e. The number of halogens is 3. The van der Waals surface area contributed by atoms with E-state index >= 15 is 0 Å². The van der Waals surface area contributed by atoms with Gasteiger partial charge in [0.25, 0.3) is 0 Å². The van der Waals surface area contributed by atoms with Crippen LogP contribution in [0.15, 0.2) is 6.07 Å². The number of alkyl halides is 3. The van der Waals surface area contributed by atoms with Crippen LogP contribution in [-0.4, -0.2) is 11.3 Å². The lowest BCUT2D eigenvalue weighted by molar-refractivity contribution is -0.275. The summed E-state index contributed by atoms with van der Waals surface area (Å²) in [6.07, 6.45) is -5.33. The molecule has 0 amide bonds. The molecule has 0 unspecified atom stereocenters. The first-order valence-electron chi connectivity index (χ1n) is 4.19. The van der Waals surface area contributed by atoms with Gasteiger partial charge in [0.15, 0.2) is 11.4 Å². The quantitative estimate of drug-likeness (QED) is 0.847. The Morgan fingerprint density at radius 3 is 2.53 bits per heavy atom. The Bertz CT molecular complexity index is 513. The third kappa shape index (κ3) is 3.24. The average Bonchev–Trinajstić information content (AvgIpc) is 2.20. The summed E-state index contributed by atoms with van der Waals surface area (Å²) in [7, 11) is 0. The Labute approximate surface area is 93.8 Å². The second-order valence-corrected chi connectivity index (χ2v) is 2.88. The van der Waals surface area contributed by atoms with Crippen LogP contribution in [0.2, 0.25) is 0 Å². The zero-order valence-corrected chi connectivity index (χ0v) is 8.25. The molecule has 0 saturated carbocycles. The smallest absolute Gasteiger partial charge is 0.402 e. The van der Waals surface area contributed by atoms with Gasteiger partial charge in [-0.2, -0.15) is 10.5 Å². The monoisotopic (exact) mass is 242 g/mol. The predicted molar refractivity (Wildman–Crippen MR) is 49.4 cm³/mol. The maximum Gasteiger partial charge on any atom is 0.573 e. The van der Waals surface area contributed by atoms with E-state index in [0.717, 1.165) is 6.07 Å². The topological polar surface area (TPSA) is 95.7 Å². The molecule has 2 N–H and O–H groups in total. The molecule has 1 aromatic heterocycles. The van der Waals surface area contributed by atoms with Crippen LogP contribution in [0.5, 0.6) is 5.75 Å². The summed E-state index contributed by atoms with van der Waals surface area (Å²) in [4.78, 5) is 3.40. The Hall–Kier alpha value is -2.48. The highest BCUT2D eigenvalue weighted by atomic mass is 19.4. The lowest BCUT2D eigenvalue weighted by Crippen LogP contribution is -2.19. The molecule has 0 aromatic carbocycles. The standard InChI is InChI=1S/C9H5F3N4O/c10-9(11,12)17-8-5(1-2-13)3-7(15)16-6(8)4-14/h3H,1H2,(H2,15,16). The van der Waals surface area contributed by atoms with Crippen molar-refractivity contribution in [1.29, 1.82) is 10.5 Å². The van der Waals surface area contributed by atoms with Crippen LogP contribution in [0.4, 0.5) is 19.0 Å². The first-order chi connectivity index (χ1) is 7.87. The molecular formula is C9H5F3N4O. The van der Waals surface area contributed by atoms with Gasteiger partial charge < -0.3 is 10.5 Å². The van der Waals surface area contributed by atoms with E-state index in [0.29, 0.717) is 0 Å². The van der Waals surface area contributed by atoms with Crippen molar-refractivity contribution < 1.29 is 17.9 Å². The van der Waals surface area contributed by atoms with Gasteiger partial charge in [-0.1, -0.05) is 0 Å². The van der Waals surface area contributed by atoms with Crippen LogP contribution in [0, 0.1) is 22.7 Å². The maximum atomic E-state index is 12.1. The van der Waals surface area contributed by atoms with E-state index in [1.54, 1.807) is 6.07 Å². The fourth-order valence-electron chi connectivity index (χ4n) is 1.13. The van der Waals surface area contributed by atoms with Crippen molar-refractivity contribution in [2.45, 2.75) is 12.8 Å². The maximum absolute atomic E-state index is 12.1. The van der Waals surface area contributed by atoms with Crippen LogP contribution in [0.1, 0.15) is 11.3 Å². The molecule has 0 bridgehead atoms. The summed E-state index contributed by atoms with van der Waals surface area (Å²) >= 11 is 0. The molecule has 0 aliphatic heterocycles. The molecule has 0 aliphatic rings. The molecule has 8 heteroatoms. The van der Waals surface area contributed by atoms with Gasteiger partial charge in [0.2, 0.25) is 0 Å². The normalized spacial score (nSPS) is 10.4. The van der Waals surface area contributed by atoms with Crippen molar-refractivity contribution in [3.63, 3.8) is 0 Å². The second-order valence-electron chi connectivity index (χ2n) is 2.88. The molecule has 0 radical (unpaired) electrons. The summed E-state index contributed by atoms with van der Waals surface area (Å²) in [5.74, 6) is -0.933. The van der Waals surface area contributed by atoms with E-state index in [-0.39, 0.29) is 17.8 Å². The minimum Gasteiger partial charge on any atom is -0.402 e. The Balaban J connectivity index is 3.34. The lowest BCUT2D eigenvalue weighted by atomic mass is 10.1. The van der Waals surface area contributed by atoms with Crippen molar-refractivity contribution in [1.82, 2.24) is 4.98 Å². The van der Waals surface area contributed by atoms with Crippen molar-refractivity contribution in [3.8, 4) is 17.9 Å². The molecule has 1 aromatic rings. The zero-order chi connectivity index (χ0) is 13.1. The van der Waals surface area contributed by atoms with Gasteiger partial charge in [0, 0.05) is 5.56 Å². The van der Waals surface area contributed by atoms with E-state index in [4.69, 9.17) is 16.3 Å². The number of aromatic nitrogens is 1. The van der Waals surface area contributed by atoms with Crippen molar-refractivity contribution in [3.05, 3.63) is 17.3 Å². The van der Waals surface area contributed by atoms with E-state index < -0.39 is 17.8 Å². The van der Waals surface area contributed by atoms with Gasteiger partial charge in [0.05, 0.1) is 12.5 Å². The number of hydrogen-bond donors (Lipinski definition) is 1. The van der Waals surface area contributed by atoms with Crippen molar-refractivity contribution in [2.24, 2.45) is 0 Å². The highest BCUT2D eigenvalue weighted by molar-refractivity contribution is 5.51. The highest BCUT2D eigenvalue weighted by Crippen LogP contribution is 2.30.